The second kappa shape index (κ2) is 9.38. The van der Waals surface area contributed by atoms with Crippen molar-refractivity contribution in [3.8, 4) is 0 Å². The highest BCUT2D eigenvalue weighted by Gasteiger charge is 2.24. The molecule has 2 aliphatic heterocycles. The van der Waals surface area contributed by atoms with Crippen molar-refractivity contribution in [2.45, 2.75) is 57.9 Å². The minimum Gasteiger partial charge on any atom is -0.381 e. The summed E-state index contributed by atoms with van der Waals surface area (Å²) in [5.74, 6) is 0.802. The Bertz CT molecular complexity index is 567. The Kier molecular flexibility index (Phi) is 6.92. The Morgan fingerprint density at radius 1 is 1.19 bits per heavy atom. The fourth-order valence-electron chi connectivity index (χ4n) is 3.72. The molecule has 0 spiro atoms. The summed E-state index contributed by atoms with van der Waals surface area (Å²) in [5.41, 5.74) is 2.51. The number of hydrogen-bond donors (Lipinski definition) is 1. The quantitative estimate of drug-likeness (QED) is 0.842. The molecule has 2 fully saturated rings. The van der Waals surface area contributed by atoms with E-state index in [1.54, 1.807) is 0 Å². The van der Waals surface area contributed by atoms with E-state index in [1.165, 1.54) is 12.0 Å². The van der Waals surface area contributed by atoms with E-state index in [9.17, 15) is 4.79 Å². The standard InChI is InChI=1S/C21H33N3O2/c1-17(2)18-7-9-19(10-8-18)22-20-6-5-12-23(16-20)21(25)11-14-24-13-3-4-15-26-24/h7-10,17,20,22H,3-6,11-16H2,1-2H3/t20-/m1/s1. The maximum absolute atomic E-state index is 12.6. The van der Waals surface area contributed by atoms with Crippen LogP contribution < -0.4 is 5.32 Å². The number of carbonyl (C=O) groups is 1. The SMILES string of the molecule is CC(C)c1ccc(N[C@@H]2CCCN(C(=O)CCN3CCCCO3)C2)cc1. The van der Waals surface area contributed by atoms with Crippen LogP contribution in [0.15, 0.2) is 24.3 Å². The van der Waals surface area contributed by atoms with E-state index in [1.807, 2.05) is 9.96 Å². The lowest BCUT2D eigenvalue weighted by atomic mass is 10.0. The van der Waals surface area contributed by atoms with Gasteiger partial charge >= 0.3 is 0 Å². The minimum absolute atomic E-state index is 0.251. The molecule has 0 saturated carbocycles. The van der Waals surface area contributed by atoms with Crippen molar-refractivity contribution in [1.82, 2.24) is 9.96 Å². The molecule has 2 saturated heterocycles. The van der Waals surface area contributed by atoms with Gasteiger partial charge in [-0.15, -0.1) is 0 Å². The molecular formula is C21H33N3O2. The van der Waals surface area contributed by atoms with Crippen LogP contribution >= 0.6 is 0 Å². The van der Waals surface area contributed by atoms with Crippen molar-refractivity contribution in [2.75, 3.05) is 38.1 Å². The third-order valence-electron chi connectivity index (χ3n) is 5.37. The molecule has 0 aromatic heterocycles. The van der Waals surface area contributed by atoms with Crippen molar-refractivity contribution in [2.24, 2.45) is 0 Å². The van der Waals surface area contributed by atoms with Gasteiger partial charge in [-0.3, -0.25) is 9.63 Å². The van der Waals surface area contributed by atoms with E-state index >= 15 is 0 Å². The zero-order valence-electron chi connectivity index (χ0n) is 16.2. The average Bonchev–Trinajstić information content (AvgIpc) is 2.67. The minimum atomic E-state index is 0.251. The zero-order valence-corrected chi connectivity index (χ0v) is 16.2. The molecule has 0 unspecified atom stereocenters. The summed E-state index contributed by atoms with van der Waals surface area (Å²) in [6.07, 6.45) is 5.02. The van der Waals surface area contributed by atoms with E-state index in [0.717, 1.165) is 51.2 Å². The normalized spacial score (nSPS) is 21.8. The molecule has 2 aliphatic rings. The highest BCUT2D eigenvalue weighted by atomic mass is 16.7. The molecule has 0 bridgehead atoms. The van der Waals surface area contributed by atoms with Gasteiger partial charge in [-0.25, -0.2) is 0 Å². The molecule has 1 aromatic carbocycles. The summed E-state index contributed by atoms with van der Waals surface area (Å²) in [7, 11) is 0. The largest absolute Gasteiger partial charge is 0.381 e. The summed E-state index contributed by atoms with van der Waals surface area (Å²) in [4.78, 5) is 20.2. The molecular weight excluding hydrogens is 326 g/mol. The van der Waals surface area contributed by atoms with E-state index in [-0.39, 0.29) is 5.91 Å². The molecule has 2 heterocycles. The fourth-order valence-corrected chi connectivity index (χ4v) is 3.72. The second-order valence-corrected chi connectivity index (χ2v) is 7.82. The van der Waals surface area contributed by atoms with Crippen LogP contribution in [-0.2, 0) is 9.63 Å². The van der Waals surface area contributed by atoms with E-state index in [0.29, 0.717) is 24.9 Å². The molecule has 0 radical (unpaired) electrons. The van der Waals surface area contributed by atoms with Gasteiger partial charge in [0.2, 0.25) is 5.91 Å². The predicted molar refractivity (Wildman–Crippen MR) is 105 cm³/mol. The maximum atomic E-state index is 12.6. The van der Waals surface area contributed by atoms with Gasteiger partial charge in [-0.1, -0.05) is 26.0 Å². The second-order valence-electron chi connectivity index (χ2n) is 7.82. The summed E-state index contributed by atoms with van der Waals surface area (Å²) < 4.78 is 0. The van der Waals surface area contributed by atoms with Crippen molar-refractivity contribution in [3.05, 3.63) is 29.8 Å². The van der Waals surface area contributed by atoms with Crippen LogP contribution in [-0.4, -0.2) is 54.7 Å². The first-order chi connectivity index (χ1) is 12.6. The topological polar surface area (TPSA) is 44.8 Å². The third kappa shape index (κ3) is 5.45. The van der Waals surface area contributed by atoms with Gasteiger partial charge in [0.25, 0.3) is 0 Å². The monoisotopic (exact) mass is 359 g/mol. The number of nitrogens with zero attached hydrogens (tertiary/aromatic N) is 2. The Morgan fingerprint density at radius 2 is 2.00 bits per heavy atom. The van der Waals surface area contributed by atoms with E-state index in [2.05, 4.69) is 43.4 Å². The van der Waals surface area contributed by atoms with Crippen LogP contribution in [0.2, 0.25) is 0 Å². The first-order valence-electron chi connectivity index (χ1n) is 10.1. The number of carbonyl (C=O) groups excluding carboxylic acids is 1. The van der Waals surface area contributed by atoms with Crippen LogP contribution in [0, 0.1) is 0 Å². The van der Waals surface area contributed by atoms with Crippen molar-refractivity contribution in [1.29, 1.82) is 0 Å². The molecule has 0 aliphatic carbocycles. The number of hydrogen-bond acceptors (Lipinski definition) is 4. The molecule has 1 amide bonds. The lowest BCUT2D eigenvalue weighted by Crippen LogP contribution is -2.46. The maximum Gasteiger partial charge on any atom is 0.224 e. The number of hydroxylamine groups is 2. The Morgan fingerprint density at radius 3 is 2.69 bits per heavy atom. The molecule has 1 atom stereocenters. The van der Waals surface area contributed by atoms with Gasteiger partial charge in [0.15, 0.2) is 0 Å². The van der Waals surface area contributed by atoms with E-state index in [4.69, 9.17) is 4.84 Å². The first-order valence-corrected chi connectivity index (χ1v) is 10.1. The third-order valence-corrected chi connectivity index (χ3v) is 5.37. The van der Waals surface area contributed by atoms with Crippen LogP contribution in [0.4, 0.5) is 5.69 Å². The van der Waals surface area contributed by atoms with Gasteiger partial charge in [-0.05, 0) is 49.3 Å². The number of benzene rings is 1. The van der Waals surface area contributed by atoms with Crippen molar-refractivity contribution >= 4 is 11.6 Å². The van der Waals surface area contributed by atoms with Crippen LogP contribution in [0.25, 0.3) is 0 Å². The lowest BCUT2D eigenvalue weighted by molar-refractivity contribution is -0.182. The van der Waals surface area contributed by atoms with Crippen molar-refractivity contribution in [3.63, 3.8) is 0 Å². The summed E-state index contributed by atoms with van der Waals surface area (Å²) in [5, 5.41) is 5.56. The van der Waals surface area contributed by atoms with Gasteiger partial charge in [0.05, 0.1) is 6.61 Å². The number of anilines is 1. The smallest absolute Gasteiger partial charge is 0.224 e. The number of amides is 1. The first kappa shape index (κ1) is 19.2. The Hall–Kier alpha value is -1.59. The molecule has 5 heteroatoms. The van der Waals surface area contributed by atoms with Gasteiger partial charge in [0.1, 0.15) is 0 Å². The molecule has 3 rings (SSSR count). The highest BCUT2D eigenvalue weighted by molar-refractivity contribution is 5.76. The average molecular weight is 360 g/mol. The summed E-state index contributed by atoms with van der Waals surface area (Å²) in [6.45, 7) is 8.55. The fraction of sp³-hybridized carbons (Fsp3) is 0.667. The number of nitrogens with one attached hydrogen (secondary N) is 1. The number of likely N-dealkylation sites (tertiary alicyclic amines) is 1. The molecule has 5 nitrogen and oxygen atoms in total. The molecule has 1 N–H and O–H groups in total. The molecule has 144 valence electrons. The molecule has 1 aromatic rings. The summed E-state index contributed by atoms with van der Waals surface area (Å²) in [6, 6.07) is 9.03. The zero-order chi connectivity index (χ0) is 18.4. The van der Waals surface area contributed by atoms with Crippen molar-refractivity contribution < 1.29 is 9.63 Å². The predicted octanol–water partition coefficient (Wildman–Crippen LogP) is 3.63. The Balaban J connectivity index is 1.46. The van der Waals surface area contributed by atoms with Gasteiger partial charge in [0, 0.05) is 44.3 Å². The Labute approximate surface area is 157 Å². The van der Waals surface area contributed by atoms with Crippen LogP contribution in [0.1, 0.15) is 57.4 Å². The highest BCUT2D eigenvalue weighted by Crippen LogP contribution is 2.20. The van der Waals surface area contributed by atoms with E-state index < -0.39 is 0 Å². The van der Waals surface area contributed by atoms with Gasteiger partial charge in [-0.2, -0.15) is 5.06 Å². The lowest BCUT2D eigenvalue weighted by Gasteiger charge is -2.34. The number of piperidine rings is 1. The number of rotatable bonds is 6. The van der Waals surface area contributed by atoms with Crippen LogP contribution in [0.3, 0.4) is 0 Å². The summed E-state index contributed by atoms with van der Waals surface area (Å²) >= 11 is 0. The molecule has 26 heavy (non-hydrogen) atoms. The van der Waals surface area contributed by atoms with Crippen LogP contribution in [0.5, 0.6) is 0 Å². The van der Waals surface area contributed by atoms with Gasteiger partial charge < -0.3 is 10.2 Å².